The van der Waals surface area contributed by atoms with E-state index in [0.717, 1.165) is 18.7 Å². The van der Waals surface area contributed by atoms with Crippen molar-refractivity contribution in [2.24, 2.45) is 4.99 Å². The summed E-state index contributed by atoms with van der Waals surface area (Å²) in [6.45, 7) is 5.56. The van der Waals surface area contributed by atoms with Crippen LogP contribution in [-0.4, -0.2) is 45.4 Å². The Kier molecular flexibility index (Phi) is 9.29. The summed E-state index contributed by atoms with van der Waals surface area (Å²) < 4.78 is 16.3. The summed E-state index contributed by atoms with van der Waals surface area (Å²) in [4.78, 5) is 8.11. The molecule has 0 saturated carbocycles. The number of methoxy groups -OCH3 is 3. The maximum absolute atomic E-state index is 5.43. The molecule has 0 fully saturated rings. The first-order chi connectivity index (χ1) is 14.6. The molecule has 2 aromatic carbocycles. The topological polar surface area (TPSA) is 79.9 Å². The number of H-pyrrole nitrogens is 1. The summed E-state index contributed by atoms with van der Waals surface area (Å²) in [6, 6.07) is 10.1. The Morgan fingerprint density at radius 3 is 2.39 bits per heavy atom. The number of rotatable bonds is 8. The van der Waals surface area contributed by atoms with Gasteiger partial charge in [0.25, 0.3) is 0 Å². The lowest BCUT2D eigenvalue weighted by Gasteiger charge is -2.16. The van der Waals surface area contributed by atoms with E-state index < -0.39 is 0 Å². The van der Waals surface area contributed by atoms with Crippen LogP contribution in [0.5, 0.6) is 17.2 Å². The Morgan fingerprint density at radius 1 is 1.06 bits per heavy atom. The van der Waals surface area contributed by atoms with Gasteiger partial charge in [-0.05, 0) is 31.4 Å². The molecule has 1 aromatic heterocycles. The Morgan fingerprint density at radius 2 is 1.77 bits per heavy atom. The summed E-state index contributed by atoms with van der Waals surface area (Å²) in [6.07, 6.45) is 2.92. The maximum Gasteiger partial charge on any atom is 0.203 e. The van der Waals surface area contributed by atoms with Crippen molar-refractivity contribution in [1.29, 1.82) is 0 Å². The molecule has 0 atom stereocenters. The lowest BCUT2D eigenvalue weighted by molar-refractivity contribution is 0.324. The predicted molar refractivity (Wildman–Crippen MR) is 138 cm³/mol. The number of guanidine groups is 1. The van der Waals surface area contributed by atoms with Gasteiger partial charge >= 0.3 is 0 Å². The van der Waals surface area contributed by atoms with Crippen LogP contribution in [0.25, 0.3) is 10.9 Å². The Balaban J connectivity index is 0.00000341. The van der Waals surface area contributed by atoms with Crippen molar-refractivity contribution in [3.8, 4) is 17.2 Å². The number of ether oxygens (including phenoxy) is 3. The smallest absolute Gasteiger partial charge is 0.203 e. The Hall–Kier alpha value is -2.62. The normalized spacial score (nSPS) is 11.1. The number of hydrogen-bond donors (Lipinski definition) is 3. The van der Waals surface area contributed by atoms with Crippen LogP contribution < -0.4 is 24.8 Å². The zero-order chi connectivity index (χ0) is 21.5. The molecule has 8 heteroatoms. The highest BCUT2D eigenvalue weighted by Crippen LogP contribution is 2.39. The van der Waals surface area contributed by atoms with Crippen LogP contribution in [0.1, 0.15) is 18.1 Å². The number of halogens is 1. The first-order valence-electron chi connectivity index (χ1n) is 10.0. The van der Waals surface area contributed by atoms with Crippen LogP contribution in [0.15, 0.2) is 41.5 Å². The highest BCUT2D eigenvalue weighted by molar-refractivity contribution is 14.0. The molecule has 0 amide bonds. The molecule has 3 rings (SSSR count). The molecule has 7 nitrogen and oxygen atoms in total. The second-order valence-corrected chi connectivity index (χ2v) is 6.86. The number of aromatic amines is 1. The van der Waals surface area contributed by atoms with Crippen molar-refractivity contribution in [3.05, 3.63) is 47.7 Å². The molecule has 0 unspecified atom stereocenters. The quantitative estimate of drug-likeness (QED) is 0.220. The minimum absolute atomic E-state index is 0. The number of para-hydroxylation sites is 1. The Labute approximate surface area is 200 Å². The van der Waals surface area contributed by atoms with Gasteiger partial charge in [0.1, 0.15) is 0 Å². The first kappa shape index (κ1) is 24.6. The third-order valence-electron chi connectivity index (χ3n) is 4.93. The summed E-state index contributed by atoms with van der Waals surface area (Å²) >= 11 is 0. The average Bonchev–Trinajstić information content (AvgIpc) is 3.17. The molecule has 31 heavy (non-hydrogen) atoms. The number of hydrogen-bond acceptors (Lipinski definition) is 4. The minimum atomic E-state index is 0. The molecule has 0 aliphatic carbocycles. The van der Waals surface area contributed by atoms with Crippen molar-refractivity contribution < 1.29 is 14.2 Å². The number of benzene rings is 2. The number of anilines is 1. The fraction of sp³-hybridized carbons (Fsp3) is 0.348. The molecule has 0 radical (unpaired) electrons. The zero-order valence-corrected chi connectivity index (χ0v) is 21.0. The van der Waals surface area contributed by atoms with Crippen molar-refractivity contribution in [3.63, 3.8) is 0 Å². The third kappa shape index (κ3) is 5.75. The van der Waals surface area contributed by atoms with Crippen molar-refractivity contribution in [2.45, 2.75) is 20.3 Å². The molecule has 0 bridgehead atoms. The zero-order valence-electron chi connectivity index (χ0n) is 18.7. The number of nitrogens with one attached hydrogen (secondary N) is 3. The van der Waals surface area contributed by atoms with Crippen LogP contribution in [0, 0.1) is 6.92 Å². The van der Waals surface area contributed by atoms with Gasteiger partial charge in [0, 0.05) is 48.0 Å². The Bertz CT molecular complexity index is 1010. The van der Waals surface area contributed by atoms with Gasteiger partial charge in [0.05, 0.1) is 21.3 Å². The summed E-state index contributed by atoms with van der Waals surface area (Å²) in [5.41, 5.74) is 4.51. The van der Waals surface area contributed by atoms with Crippen molar-refractivity contribution >= 4 is 46.5 Å². The van der Waals surface area contributed by atoms with E-state index in [-0.39, 0.29) is 24.0 Å². The van der Waals surface area contributed by atoms with Gasteiger partial charge < -0.3 is 29.8 Å². The molecule has 168 valence electrons. The van der Waals surface area contributed by atoms with Gasteiger partial charge in [0.15, 0.2) is 17.5 Å². The van der Waals surface area contributed by atoms with Crippen LogP contribution in [-0.2, 0) is 6.42 Å². The highest BCUT2D eigenvalue weighted by atomic mass is 127. The molecular formula is C23H31IN4O3. The number of fused-ring (bicyclic) bond motifs is 1. The first-order valence-corrected chi connectivity index (χ1v) is 10.0. The van der Waals surface area contributed by atoms with E-state index in [2.05, 4.69) is 46.9 Å². The summed E-state index contributed by atoms with van der Waals surface area (Å²) in [5, 5.41) is 7.86. The van der Waals surface area contributed by atoms with Gasteiger partial charge in [-0.2, -0.15) is 0 Å². The molecule has 1 heterocycles. The lowest BCUT2D eigenvalue weighted by atomic mass is 10.1. The predicted octanol–water partition coefficient (Wildman–Crippen LogP) is 4.74. The number of aliphatic imine (C=N–C) groups is 1. The number of aryl methyl sites for hydroxylation is 1. The standard InChI is InChI=1S/C23H30N4O3.HI/c1-6-24-23(27-17-12-19(28-3)22(30-5)20(13-17)29-4)25-11-10-16-14-26-21-15(2)8-7-9-18(16)21;/h7-9,12-14,26H,6,10-11H2,1-5H3,(H2,24,25,27);1H. The van der Waals surface area contributed by atoms with Gasteiger partial charge in [-0.3, -0.25) is 4.99 Å². The molecule has 0 saturated heterocycles. The maximum atomic E-state index is 5.43. The highest BCUT2D eigenvalue weighted by Gasteiger charge is 2.14. The second kappa shape index (κ2) is 11.7. The average molecular weight is 538 g/mol. The van der Waals surface area contributed by atoms with Gasteiger partial charge in [-0.25, -0.2) is 0 Å². The van der Waals surface area contributed by atoms with Crippen LogP contribution in [0.4, 0.5) is 5.69 Å². The molecule has 3 aromatic rings. The van der Waals surface area contributed by atoms with Crippen molar-refractivity contribution in [2.75, 3.05) is 39.7 Å². The molecule has 0 aliphatic heterocycles. The minimum Gasteiger partial charge on any atom is -0.493 e. The third-order valence-corrected chi connectivity index (χ3v) is 4.93. The largest absolute Gasteiger partial charge is 0.493 e. The van der Waals surface area contributed by atoms with Crippen molar-refractivity contribution in [1.82, 2.24) is 10.3 Å². The van der Waals surface area contributed by atoms with Gasteiger partial charge in [0.2, 0.25) is 5.75 Å². The SMILES string of the molecule is CCNC(=NCCc1c[nH]c2c(C)cccc12)Nc1cc(OC)c(OC)c(OC)c1.I. The fourth-order valence-electron chi connectivity index (χ4n) is 3.46. The fourth-order valence-corrected chi connectivity index (χ4v) is 3.46. The van der Waals surface area contributed by atoms with Gasteiger partial charge in [-0.1, -0.05) is 18.2 Å². The van der Waals surface area contributed by atoms with E-state index in [1.54, 1.807) is 21.3 Å². The second-order valence-electron chi connectivity index (χ2n) is 6.86. The van der Waals surface area contributed by atoms with E-state index in [0.29, 0.717) is 29.8 Å². The van der Waals surface area contributed by atoms with E-state index in [1.807, 2.05) is 19.1 Å². The van der Waals surface area contributed by atoms with E-state index in [4.69, 9.17) is 19.2 Å². The van der Waals surface area contributed by atoms with Crippen LogP contribution >= 0.6 is 24.0 Å². The number of aromatic nitrogens is 1. The lowest BCUT2D eigenvalue weighted by Crippen LogP contribution is -2.31. The van der Waals surface area contributed by atoms with E-state index in [9.17, 15) is 0 Å². The van der Waals surface area contributed by atoms with Gasteiger partial charge in [-0.15, -0.1) is 24.0 Å². The van der Waals surface area contributed by atoms with E-state index >= 15 is 0 Å². The van der Waals surface area contributed by atoms with E-state index in [1.165, 1.54) is 22.0 Å². The molecule has 0 spiro atoms. The van der Waals surface area contributed by atoms with Crippen LogP contribution in [0.3, 0.4) is 0 Å². The molecular weight excluding hydrogens is 507 g/mol. The number of nitrogens with zero attached hydrogens (tertiary/aromatic N) is 1. The monoisotopic (exact) mass is 538 g/mol. The van der Waals surface area contributed by atoms with Crippen LogP contribution in [0.2, 0.25) is 0 Å². The summed E-state index contributed by atoms with van der Waals surface area (Å²) in [7, 11) is 4.79. The molecule has 0 aliphatic rings. The summed E-state index contributed by atoms with van der Waals surface area (Å²) in [5.74, 6) is 2.43. The molecule has 3 N–H and O–H groups in total.